The van der Waals surface area contributed by atoms with Crippen LogP contribution in [0, 0.1) is 0 Å². The summed E-state index contributed by atoms with van der Waals surface area (Å²) in [4.78, 5) is 28.5. The molecule has 2 heterocycles. The first-order valence-electron chi connectivity index (χ1n) is 5.70. The second-order valence-corrected chi connectivity index (χ2v) is 5.13. The van der Waals surface area contributed by atoms with Crippen molar-refractivity contribution >= 4 is 23.2 Å². The van der Waals surface area contributed by atoms with Crippen LogP contribution in [0.25, 0.3) is 0 Å². The molecule has 6 heteroatoms. The van der Waals surface area contributed by atoms with Gasteiger partial charge in [-0.15, -0.1) is 11.3 Å². The van der Waals surface area contributed by atoms with Gasteiger partial charge in [0.1, 0.15) is 0 Å². The molecule has 1 aromatic heterocycles. The SMILES string of the molecule is O=C(O)c1csc(C(=O)N2Cc3ccccc3C2)n1. The average molecular weight is 274 g/mol. The number of benzene rings is 1. The lowest BCUT2D eigenvalue weighted by molar-refractivity contribution is 0.0691. The Kier molecular flexibility index (Phi) is 2.79. The predicted molar refractivity (Wildman–Crippen MR) is 69.1 cm³/mol. The van der Waals surface area contributed by atoms with E-state index in [2.05, 4.69) is 4.98 Å². The van der Waals surface area contributed by atoms with Crippen LogP contribution < -0.4 is 0 Å². The Hall–Kier alpha value is -2.21. The number of nitrogens with zero attached hydrogens (tertiary/aromatic N) is 2. The highest BCUT2D eigenvalue weighted by Crippen LogP contribution is 2.24. The van der Waals surface area contributed by atoms with Crippen molar-refractivity contribution in [1.29, 1.82) is 0 Å². The van der Waals surface area contributed by atoms with E-state index >= 15 is 0 Å². The molecule has 0 saturated heterocycles. The number of amides is 1. The van der Waals surface area contributed by atoms with Crippen molar-refractivity contribution < 1.29 is 14.7 Å². The number of hydrogen-bond acceptors (Lipinski definition) is 4. The van der Waals surface area contributed by atoms with E-state index in [4.69, 9.17) is 5.11 Å². The van der Waals surface area contributed by atoms with Gasteiger partial charge in [0.15, 0.2) is 10.7 Å². The third-order valence-corrected chi connectivity index (χ3v) is 3.86. The van der Waals surface area contributed by atoms with E-state index in [0.717, 1.165) is 22.5 Å². The van der Waals surface area contributed by atoms with Crippen molar-refractivity contribution in [1.82, 2.24) is 9.88 Å². The number of aromatic carboxylic acids is 1. The van der Waals surface area contributed by atoms with E-state index in [0.29, 0.717) is 13.1 Å². The first-order chi connectivity index (χ1) is 9.15. The zero-order valence-electron chi connectivity index (χ0n) is 9.87. The number of aromatic nitrogens is 1. The maximum absolute atomic E-state index is 12.2. The molecule has 0 bridgehead atoms. The topological polar surface area (TPSA) is 70.5 Å². The van der Waals surface area contributed by atoms with Gasteiger partial charge in [0.25, 0.3) is 5.91 Å². The molecule has 96 valence electrons. The van der Waals surface area contributed by atoms with E-state index in [1.165, 1.54) is 5.38 Å². The van der Waals surface area contributed by atoms with Crippen LogP contribution >= 0.6 is 11.3 Å². The Bertz CT molecular complexity index is 640. The highest BCUT2D eigenvalue weighted by atomic mass is 32.1. The summed E-state index contributed by atoms with van der Waals surface area (Å²) in [5, 5.41) is 10.4. The minimum absolute atomic E-state index is 0.0786. The van der Waals surface area contributed by atoms with Crippen molar-refractivity contribution in [2.45, 2.75) is 13.1 Å². The molecule has 1 aromatic carbocycles. The van der Waals surface area contributed by atoms with Gasteiger partial charge in [0.2, 0.25) is 0 Å². The molecule has 2 aromatic rings. The zero-order valence-corrected chi connectivity index (χ0v) is 10.7. The van der Waals surface area contributed by atoms with Crippen molar-refractivity contribution in [2.24, 2.45) is 0 Å². The zero-order chi connectivity index (χ0) is 13.4. The molecule has 0 saturated carbocycles. The second kappa shape index (κ2) is 4.47. The van der Waals surface area contributed by atoms with Crippen LogP contribution in [0.1, 0.15) is 31.4 Å². The van der Waals surface area contributed by atoms with E-state index in [1.807, 2.05) is 24.3 Å². The quantitative estimate of drug-likeness (QED) is 0.909. The number of carboxylic acid groups (broad SMARTS) is 1. The number of carbonyl (C=O) groups is 2. The smallest absolute Gasteiger partial charge is 0.355 e. The summed E-state index contributed by atoms with van der Waals surface area (Å²) in [6.45, 7) is 1.11. The molecule has 1 N–H and O–H groups in total. The molecular formula is C13H10N2O3S. The molecule has 5 nitrogen and oxygen atoms in total. The standard InChI is InChI=1S/C13H10N2O3S/c16-12(11-14-10(7-19-11)13(17)18)15-5-8-3-1-2-4-9(8)6-15/h1-4,7H,5-6H2,(H,17,18). The fraction of sp³-hybridized carbons (Fsp3) is 0.154. The van der Waals surface area contributed by atoms with Gasteiger partial charge >= 0.3 is 5.97 Å². The Balaban J connectivity index is 1.81. The number of thiazole rings is 1. The van der Waals surface area contributed by atoms with Gasteiger partial charge in [-0.25, -0.2) is 9.78 Å². The molecule has 3 rings (SSSR count). The first kappa shape index (κ1) is 11.9. The Morgan fingerprint density at radius 3 is 2.37 bits per heavy atom. The summed E-state index contributed by atoms with van der Waals surface area (Å²) < 4.78 is 0. The van der Waals surface area contributed by atoms with Crippen molar-refractivity contribution in [2.75, 3.05) is 0 Å². The maximum atomic E-state index is 12.2. The van der Waals surface area contributed by atoms with Crippen LogP contribution in [0.4, 0.5) is 0 Å². The van der Waals surface area contributed by atoms with Crippen LogP contribution in [-0.4, -0.2) is 26.9 Å². The van der Waals surface area contributed by atoms with Gasteiger partial charge < -0.3 is 10.0 Å². The minimum Gasteiger partial charge on any atom is -0.476 e. The van der Waals surface area contributed by atoms with Gasteiger partial charge in [0, 0.05) is 18.5 Å². The Morgan fingerprint density at radius 1 is 1.21 bits per heavy atom. The molecule has 1 aliphatic rings. The van der Waals surface area contributed by atoms with E-state index in [1.54, 1.807) is 4.90 Å². The minimum atomic E-state index is -1.11. The van der Waals surface area contributed by atoms with Crippen molar-refractivity contribution in [3.05, 3.63) is 51.5 Å². The molecular weight excluding hydrogens is 264 g/mol. The molecule has 0 radical (unpaired) electrons. The molecule has 1 aliphatic heterocycles. The summed E-state index contributed by atoms with van der Waals surface area (Å²) in [7, 11) is 0. The van der Waals surface area contributed by atoms with Crippen LogP contribution in [0.5, 0.6) is 0 Å². The lowest BCUT2D eigenvalue weighted by atomic mass is 10.1. The van der Waals surface area contributed by atoms with Gasteiger partial charge in [-0.05, 0) is 11.1 Å². The van der Waals surface area contributed by atoms with Crippen LogP contribution in [0.15, 0.2) is 29.6 Å². The predicted octanol–water partition coefficient (Wildman–Crippen LogP) is 2.00. The highest BCUT2D eigenvalue weighted by Gasteiger charge is 2.26. The highest BCUT2D eigenvalue weighted by molar-refractivity contribution is 7.11. The monoisotopic (exact) mass is 274 g/mol. The summed E-state index contributed by atoms with van der Waals surface area (Å²) in [5.41, 5.74) is 2.18. The summed E-state index contributed by atoms with van der Waals surface area (Å²) in [6.07, 6.45) is 0. The van der Waals surface area contributed by atoms with Gasteiger partial charge in [-0.1, -0.05) is 24.3 Å². The summed E-state index contributed by atoms with van der Waals surface area (Å²) >= 11 is 1.07. The van der Waals surface area contributed by atoms with E-state index in [-0.39, 0.29) is 16.6 Å². The fourth-order valence-electron chi connectivity index (χ4n) is 2.08. The van der Waals surface area contributed by atoms with Gasteiger partial charge in [0.05, 0.1) is 0 Å². The molecule has 0 aliphatic carbocycles. The largest absolute Gasteiger partial charge is 0.476 e. The number of fused-ring (bicyclic) bond motifs is 1. The molecule has 0 unspecified atom stereocenters. The van der Waals surface area contributed by atoms with Crippen molar-refractivity contribution in [3.63, 3.8) is 0 Å². The van der Waals surface area contributed by atoms with Gasteiger partial charge in [-0.2, -0.15) is 0 Å². The summed E-state index contributed by atoms with van der Waals surface area (Å²) in [6, 6.07) is 7.87. The molecule has 19 heavy (non-hydrogen) atoms. The summed E-state index contributed by atoms with van der Waals surface area (Å²) in [5.74, 6) is -1.33. The van der Waals surface area contributed by atoms with Crippen LogP contribution in [0.3, 0.4) is 0 Å². The lowest BCUT2D eigenvalue weighted by Gasteiger charge is -2.12. The third kappa shape index (κ3) is 2.10. The first-order valence-corrected chi connectivity index (χ1v) is 6.58. The second-order valence-electron chi connectivity index (χ2n) is 4.27. The Morgan fingerprint density at radius 2 is 1.84 bits per heavy atom. The molecule has 0 spiro atoms. The van der Waals surface area contributed by atoms with Crippen molar-refractivity contribution in [3.8, 4) is 0 Å². The molecule has 0 fully saturated rings. The third-order valence-electron chi connectivity index (χ3n) is 3.03. The van der Waals surface area contributed by atoms with E-state index in [9.17, 15) is 9.59 Å². The number of hydrogen-bond donors (Lipinski definition) is 1. The average Bonchev–Trinajstić information content (AvgIpc) is 3.04. The lowest BCUT2D eigenvalue weighted by Crippen LogP contribution is -2.25. The number of carboxylic acids is 1. The number of rotatable bonds is 2. The Labute approximate surface area is 113 Å². The van der Waals surface area contributed by atoms with Crippen LogP contribution in [-0.2, 0) is 13.1 Å². The van der Waals surface area contributed by atoms with Crippen LogP contribution in [0.2, 0.25) is 0 Å². The fourth-order valence-corrected chi connectivity index (χ4v) is 2.84. The molecule has 1 amide bonds. The normalized spacial score (nSPS) is 13.4. The van der Waals surface area contributed by atoms with E-state index < -0.39 is 5.97 Å². The van der Waals surface area contributed by atoms with Gasteiger partial charge in [-0.3, -0.25) is 4.79 Å². The molecule has 0 atom stereocenters. The number of carbonyl (C=O) groups excluding carboxylic acids is 1. The maximum Gasteiger partial charge on any atom is 0.355 e.